The Morgan fingerprint density at radius 1 is 1.09 bits per heavy atom. The van der Waals surface area contributed by atoms with Crippen LogP contribution in [0.25, 0.3) is 0 Å². The molecule has 1 atom stereocenters. The van der Waals surface area contributed by atoms with E-state index in [0.717, 1.165) is 19.3 Å². The number of hydrogen-bond donors (Lipinski definition) is 1. The Hall–Kier alpha value is -1.79. The highest BCUT2D eigenvalue weighted by molar-refractivity contribution is 6.35. The van der Waals surface area contributed by atoms with Crippen LogP contribution in [0.5, 0.6) is 0 Å². The van der Waals surface area contributed by atoms with Gasteiger partial charge in [-0.15, -0.1) is 0 Å². The summed E-state index contributed by atoms with van der Waals surface area (Å²) < 4.78 is 4.97. The summed E-state index contributed by atoms with van der Waals surface area (Å²) in [7, 11) is 0. The van der Waals surface area contributed by atoms with Gasteiger partial charge in [-0.3, -0.25) is 9.59 Å². The third-order valence-corrected chi connectivity index (χ3v) is 4.61. The molecule has 0 aromatic heterocycles. The Morgan fingerprint density at radius 2 is 1.78 bits per heavy atom. The summed E-state index contributed by atoms with van der Waals surface area (Å²) in [6.45, 7) is 5.86. The van der Waals surface area contributed by atoms with Gasteiger partial charge in [0.05, 0.1) is 6.61 Å². The summed E-state index contributed by atoms with van der Waals surface area (Å²) in [6, 6.07) is 0.0740. The van der Waals surface area contributed by atoms with Crippen molar-refractivity contribution in [1.29, 1.82) is 0 Å². The van der Waals surface area contributed by atoms with Gasteiger partial charge in [-0.1, -0.05) is 0 Å². The standard InChI is InChI=1S/C16H27N3O4/c1-3-23-16(22)18-10-7-13(8-11-18)17-14(20)15(21)19-9-5-4-6-12(19)2/h12-13H,3-11H2,1-2H3,(H,17,20). The van der Waals surface area contributed by atoms with E-state index in [1.54, 1.807) is 16.7 Å². The number of nitrogens with zero attached hydrogens (tertiary/aromatic N) is 2. The maximum Gasteiger partial charge on any atom is 0.409 e. The lowest BCUT2D eigenvalue weighted by atomic mass is 10.0. The van der Waals surface area contributed by atoms with Crippen LogP contribution in [0.15, 0.2) is 0 Å². The minimum absolute atomic E-state index is 0.0581. The molecule has 0 radical (unpaired) electrons. The average Bonchev–Trinajstić information content (AvgIpc) is 2.55. The fourth-order valence-electron chi connectivity index (χ4n) is 3.20. The Labute approximate surface area is 137 Å². The van der Waals surface area contributed by atoms with E-state index in [2.05, 4.69) is 5.32 Å². The summed E-state index contributed by atoms with van der Waals surface area (Å²) in [5.74, 6) is -0.946. The normalized spacial score (nSPS) is 22.6. The first-order valence-corrected chi connectivity index (χ1v) is 8.56. The van der Waals surface area contributed by atoms with Gasteiger partial charge in [0.1, 0.15) is 0 Å². The third kappa shape index (κ3) is 4.59. The fourth-order valence-corrected chi connectivity index (χ4v) is 3.20. The number of carbonyl (C=O) groups excluding carboxylic acids is 3. The van der Waals surface area contributed by atoms with Crippen molar-refractivity contribution in [2.75, 3.05) is 26.2 Å². The van der Waals surface area contributed by atoms with E-state index in [4.69, 9.17) is 4.74 Å². The molecule has 2 aliphatic rings. The minimum atomic E-state index is -0.520. The number of piperidine rings is 2. The lowest BCUT2D eigenvalue weighted by molar-refractivity contribution is -0.148. The quantitative estimate of drug-likeness (QED) is 0.772. The van der Waals surface area contributed by atoms with Gasteiger partial charge in [-0.25, -0.2) is 4.79 Å². The molecule has 2 aliphatic heterocycles. The topological polar surface area (TPSA) is 79.0 Å². The zero-order chi connectivity index (χ0) is 16.8. The first-order valence-electron chi connectivity index (χ1n) is 8.56. The van der Waals surface area contributed by atoms with Crippen molar-refractivity contribution in [1.82, 2.24) is 15.1 Å². The van der Waals surface area contributed by atoms with Crippen LogP contribution < -0.4 is 5.32 Å². The molecule has 2 rings (SSSR count). The van der Waals surface area contributed by atoms with Crippen LogP contribution in [-0.2, 0) is 14.3 Å². The van der Waals surface area contributed by atoms with Crippen LogP contribution in [0.4, 0.5) is 4.79 Å². The predicted molar refractivity (Wildman–Crippen MR) is 84.8 cm³/mol. The van der Waals surface area contributed by atoms with E-state index in [9.17, 15) is 14.4 Å². The van der Waals surface area contributed by atoms with Crippen LogP contribution in [-0.4, -0.2) is 66.0 Å². The molecule has 3 amide bonds. The van der Waals surface area contributed by atoms with Gasteiger partial charge in [0.15, 0.2) is 0 Å². The molecule has 0 aromatic carbocycles. The Balaban J connectivity index is 1.78. The van der Waals surface area contributed by atoms with Crippen LogP contribution in [0, 0.1) is 0 Å². The molecule has 2 heterocycles. The van der Waals surface area contributed by atoms with Crippen molar-refractivity contribution in [2.24, 2.45) is 0 Å². The van der Waals surface area contributed by atoms with Crippen molar-refractivity contribution in [3.63, 3.8) is 0 Å². The number of ether oxygens (including phenoxy) is 1. The Bertz CT molecular complexity index is 447. The number of nitrogens with one attached hydrogen (secondary N) is 1. The number of amides is 3. The summed E-state index contributed by atoms with van der Waals surface area (Å²) in [6.07, 6.45) is 4.01. The van der Waals surface area contributed by atoms with Crippen LogP contribution >= 0.6 is 0 Å². The molecule has 7 nitrogen and oxygen atoms in total. The molecule has 23 heavy (non-hydrogen) atoms. The maximum atomic E-state index is 12.3. The van der Waals surface area contributed by atoms with Gasteiger partial charge < -0.3 is 19.9 Å². The second-order valence-electron chi connectivity index (χ2n) is 6.28. The first-order chi connectivity index (χ1) is 11.0. The Morgan fingerprint density at radius 3 is 2.39 bits per heavy atom. The van der Waals surface area contributed by atoms with E-state index >= 15 is 0 Å². The largest absolute Gasteiger partial charge is 0.450 e. The lowest BCUT2D eigenvalue weighted by Crippen LogP contribution is -2.53. The van der Waals surface area contributed by atoms with Crippen LogP contribution in [0.1, 0.15) is 46.0 Å². The summed E-state index contributed by atoms with van der Waals surface area (Å²) in [4.78, 5) is 39.4. The zero-order valence-electron chi connectivity index (χ0n) is 14.0. The van der Waals surface area contributed by atoms with Crippen molar-refractivity contribution in [2.45, 2.75) is 58.0 Å². The van der Waals surface area contributed by atoms with Gasteiger partial charge in [-0.2, -0.15) is 0 Å². The average molecular weight is 325 g/mol. The zero-order valence-corrected chi connectivity index (χ0v) is 14.0. The molecule has 2 saturated heterocycles. The van der Waals surface area contributed by atoms with Gasteiger partial charge in [0.2, 0.25) is 0 Å². The van der Waals surface area contributed by atoms with Gasteiger partial charge in [0, 0.05) is 31.7 Å². The Kier molecular flexibility index (Phi) is 6.24. The third-order valence-electron chi connectivity index (χ3n) is 4.61. The van der Waals surface area contributed by atoms with Gasteiger partial charge in [0.25, 0.3) is 0 Å². The molecule has 0 aliphatic carbocycles. The molecule has 2 fully saturated rings. The van der Waals surface area contributed by atoms with E-state index in [0.29, 0.717) is 39.1 Å². The van der Waals surface area contributed by atoms with Crippen molar-refractivity contribution in [3.8, 4) is 0 Å². The minimum Gasteiger partial charge on any atom is -0.450 e. The molecule has 0 saturated carbocycles. The number of likely N-dealkylation sites (tertiary alicyclic amines) is 2. The van der Waals surface area contributed by atoms with E-state index in [1.807, 2.05) is 6.92 Å². The lowest BCUT2D eigenvalue weighted by Gasteiger charge is -2.34. The second kappa shape index (κ2) is 8.17. The van der Waals surface area contributed by atoms with Crippen LogP contribution in [0.2, 0.25) is 0 Å². The molecule has 0 bridgehead atoms. The molecule has 7 heteroatoms. The van der Waals surface area contributed by atoms with Crippen molar-refractivity contribution < 1.29 is 19.1 Å². The molecular weight excluding hydrogens is 298 g/mol. The van der Waals surface area contributed by atoms with Gasteiger partial charge in [-0.05, 0) is 46.0 Å². The number of carbonyl (C=O) groups is 3. The summed E-state index contributed by atoms with van der Waals surface area (Å²) in [5, 5.41) is 2.82. The smallest absolute Gasteiger partial charge is 0.409 e. The van der Waals surface area contributed by atoms with Gasteiger partial charge >= 0.3 is 17.9 Å². The van der Waals surface area contributed by atoms with E-state index in [-0.39, 0.29) is 18.2 Å². The number of rotatable bonds is 2. The number of hydrogen-bond acceptors (Lipinski definition) is 4. The highest BCUT2D eigenvalue weighted by atomic mass is 16.6. The van der Waals surface area contributed by atoms with Crippen molar-refractivity contribution in [3.05, 3.63) is 0 Å². The molecule has 130 valence electrons. The fraction of sp³-hybridized carbons (Fsp3) is 0.812. The SMILES string of the molecule is CCOC(=O)N1CCC(NC(=O)C(=O)N2CCCCC2C)CC1. The highest BCUT2D eigenvalue weighted by Crippen LogP contribution is 2.17. The summed E-state index contributed by atoms with van der Waals surface area (Å²) in [5.41, 5.74) is 0. The summed E-state index contributed by atoms with van der Waals surface area (Å²) >= 11 is 0. The highest BCUT2D eigenvalue weighted by Gasteiger charge is 2.31. The van der Waals surface area contributed by atoms with Crippen LogP contribution in [0.3, 0.4) is 0 Å². The van der Waals surface area contributed by atoms with E-state index in [1.165, 1.54) is 0 Å². The molecule has 0 aromatic rings. The predicted octanol–water partition coefficient (Wildman–Crippen LogP) is 1.12. The molecule has 1 unspecified atom stereocenters. The maximum absolute atomic E-state index is 12.3. The molecule has 1 N–H and O–H groups in total. The van der Waals surface area contributed by atoms with E-state index < -0.39 is 11.8 Å². The monoisotopic (exact) mass is 325 g/mol. The molecular formula is C16H27N3O4. The van der Waals surface area contributed by atoms with Crippen molar-refractivity contribution >= 4 is 17.9 Å². The second-order valence-corrected chi connectivity index (χ2v) is 6.28. The molecule has 0 spiro atoms. The first kappa shape index (κ1) is 17.6.